The van der Waals surface area contributed by atoms with Gasteiger partial charge in [0, 0.05) is 6.54 Å². The van der Waals surface area contributed by atoms with Crippen LogP contribution < -0.4 is 5.32 Å². The van der Waals surface area contributed by atoms with E-state index in [1.165, 1.54) is 23.1 Å². The van der Waals surface area contributed by atoms with Crippen molar-refractivity contribution in [2.45, 2.75) is 32.2 Å². The molecule has 2 amide bonds. The van der Waals surface area contributed by atoms with Gasteiger partial charge in [0.05, 0.1) is 13.0 Å². The van der Waals surface area contributed by atoms with E-state index in [4.69, 9.17) is 0 Å². The van der Waals surface area contributed by atoms with E-state index >= 15 is 0 Å². The summed E-state index contributed by atoms with van der Waals surface area (Å²) < 4.78 is 13.1. The summed E-state index contributed by atoms with van der Waals surface area (Å²) in [6, 6.07) is 4.83. The number of likely N-dealkylation sites (tertiary alicyclic amines) is 1. The summed E-state index contributed by atoms with van der Waals surface area (Å²) in [5.74, 6) is -2.03. The summed E-state index contributed by atoms with van der Waals surface area (Å²) in [7, 11) is 0. The molecule has 0 saturated carbocycles. The third-order valence-corrected chi connectivity index (χ3v) is 4.16. The van der Waals surface area contributed by atoms with Crippen molar-refractivity contribution in [1.82, 2.24) is 10.2 Å². The number of carbonyl (C=O) groups is 3. The van der Waals surface area contributed by atoms with Crippen LogP contribution in [-0.2, 0) is 20.8 Å². The minimum Gasteiger partial charge on any atom is -0.480 e. The lowest BCUT2D eigenvalue weighted by atomic mass is 9.92. The zero-order valence-electron chi connectivity index (χ0n) is 13.5. The molecule has 2 N–H and O–H groups in total. The Morgan fingerprint density at radius 1 is 1.38 bits per heavy atom. The third kappa shape index (κ3) is 4.78. The van der Waals surface area contributed by atoms with E-state index in [2.05, 4.69) is 5.32 Å². The zero-order valence-corrected chi connectivity index (χ0v) is 13.5. The Kier molecular flexibility index (Phi) is 5.89. The fourth-order valence-electron chi connectivity index (χ4n) is 2.84. The molecule has 1 saturated heterocycles. The highest BCUT2D eigenvalue weighted by Crippen LogP contribution is 2.22. The smallest absolute Gasteiger partial charge is 0.326 e. The maximum absolute atomic E-state index is 13.1. The maximum Gasteiger partial charge on any atom is 0.326 e. The van der Waals surface area contributed by atoms with E-state index in [0.717, 1.165) is 6.42 Å². The van der Waals surface area contributed by atoms with Crippen molar-refractivity contribution in [2.75, 3.05) is 13.1 Å². The molecular formula is C17H21FN2O4. The number of benzene rings is 1. The van der Waals surface area contributed by atoms with Crippen molar-refractivity contribution in [3.63, 3.8) is 0 Å². The van der Waals surface area contributed by atoms with Crippen LogP contribution in [0.15, 0.2) is 24.3 Å². The lowest BCUT2D eigenvalue weighted by Crippen LogP contribution is -2.52. The molecule has 7 heteroatoms. The third-order valence-electron chi connectivity index (χ3n) is 4.16. The predicted molar refractivity (Wildman–Crippen MR) is 84.6 cm³/mol. The number of rotatable bonds is 5. The average molecular weight is 336 g/mol. The Labute approximate surface area is 139 Å². The highest BCUT2D eigenvalue weighted by Gasteiger charge is 2.34. The SMILES string of the molecule is CC1CCN(C(=O)CNC(=O)Cc2cccc(F)c2)C(C(=O)O)C1. The first-order valence-corrected chi connectivity index (χ1v) is 7.90. The summed E-state index contributed by atoms with van der Waals surface area (Å²) in [4.78, 5) is 36.7. The Morgan fingerprint density at radius 3 is 2.79 bits per heavy atom. The molecule has 24 heavy (non-hydrogen) atoms. The van der Waals surface area contributed by atoms with Crippen LogP contribution in [-0.4, -0.2) is 46.9 Å². The van der Waals surface area contributed by atoms with Gasteiger partial charge in [-0.2, -0.15) is 0 Å². The number of nitrogens with one attached hydrogen (secondary N) is 1. The fraction of sp³-hybridized carbons (Fsp3) is 0.471. The molecule has 1 aromatic rings. The van der Waals surface area contributed by atoms with Crippen LogP contribution in [0.1, 0.15) is 25.3 Å². The van der Waals surface area contributed by atoms with Crippen molar-refractivity contribution in [2.24, 2.45) is 5.92 Å². The molecule has 0 radical (unpaired) electrons. The summed E-state index contributed by atoms with van der Waals surface area (Å²) in [5, 5.41) is 11.7. The van der Waals surface area contributed by atoms with E-state index < -0.39 is 29.6 Å². The first kappa shape index (κ1) is 17.9. The molecule has 2 rings (SSSR count). The van der Waals surface area contributed by atoms with Gasteiger partial charge in [-0.15, -0.1) is 0 Å². The largest absolute Gasteiger partial charge is 0.480 e. The average Bonchev–Trinajstić information content (AvgIpc) is 2.52. The summed E-state index contributed by atoms with van der Waals surface area (Å²) >= 11 is 0. The monoisotopic (exact) mass is 336 g/mol. The Balaban J connectivity index is 1.87. The van der Waals surface area contributed by atoms with Crippen molar-refractivity contribution in [1.29, 1.82) is 0 Å². The second kappa shape index (κ2) is 7.90. The first-order chi connectivity index (χ1) is 11.4. The number of amides is 2. The van der Waals surface area contributed by atoms with Crippen LogP contribution >= 0.6 is 0 Å². The standard InChI is InChI=1S/C17H21FN2O4/c1-11-5-6-20(14(7-11)17(23)24)16(22)10-19-15(21)9-12-3-2-4-13(18)8-12/h2-4,8,11,14H,5-7,9-10H2,1H3,(H,19,21)(H,23,24). The Hall–Kier alpha value is -2.44. The lowest BCUT2D eigenvalue weighted by molar-refractivity contribution is -0.152. The van der Waals surface area contributed by atoms with Gasteiger partial charge in [-0.3, -0.25) is 9.59 Å². The van der Waals surface area contributed by atoms with E-state index in [1.54, 1.807) is 6.07 Å². The zero-order chi connectivity index (χ0) is 17.7. The number of nitrogens with zero attached hydrogens (tertiary/aromatic N) is 1. The van der Waals surface area contributed by atoms with Gasteiger partial charge in [0.1, 0.15) is 11.9 Å². The van der Waals surface area contributed by atoms with Crippen molar-refractivity contribution in [3.05, 3.63) is 35.6 Å². The van der Waals surface area contributed by atoms with Gasteiger partial charge in [-0.05, 0) is 36.5 Å². The van der Waals surface area contributed by atoms with Gasteiger partial charge < -0.3 is 15.3 Å². The normalized spacial score (nSPS) is 20.5. The Morgan fingerprint density at radius 2 is 2.12 bits per heavy atom. The number of carbonyl (C=O) groups excluding carboxylic acids is 2. The number of aliphatic carboxylic acids is 1. The molecule has 1 fully saturated rings. The first-order valence-electron chi connectivity index (χ1n) is 7.90. The van der Waals surface area contributed by atoms with Crippen LogP contribution in [0.25, 0.3) is 0 Å². The molecule has 0 aromatic heterocycles. The molecule has 0 bridgehead atoms. The van der Waals surface area contributed by atoms with Gasteiger partial charge in [-0.1, -0.05) is 19.1 Å². The summed E-state index contributed by atoms with van der Waals surface area (Å²) in [6.07, 6.45) is 1.12. The number of hydrogen-bond donors (Lipinski definition) is 2. The highest BCUT2D eigenvalue weighted by atomic mass is 19.1. The number of carboxylic acid groups (broad SMARTS) is 1. The molecule has 6 nitrogen and oxygen atoms in total. The van der Waals surface area contributed by atoms with E-state index in [0.29, 0.717) is 18.5 Å². The molecule has 1 aliphatic heterocycles. The van der Waals surface area contributed by atoms with Crippen molar-refractivity contribution in [3.8, 4) is 0 Å². The number of halogens is 1. The second-order valence-corrected chi connectivity index (χ2v) is 6.15. The summed E-state index contributed by atoms with van der Waals surface area (Å²) in [5.41, 5.74) is 0.509. The quantitative estimate of drug-likeness (QED) is 0.846. The van der Waals surface area contributed by atoms with Crippen LogP contribution in [0.3, 0.4) is 0 Å². The fourth-order valence-corrected chi connectivity index (χ4v) is 2.84. The van der Waals surface area contributed by atoms with Gasteiger partial charge in [0.25, 0.3) is 0 Å². The Bertz CT molecular complexity index is 635. The molecule has 1 aromatic carbocycles. The predicted octanol–water partition coefficient (Wildman–Crippen LogP) is 1.20. The van der Waals surface area contributed by atoms with Crippen LogP contribution in [0.4, 0.5) is 4.39 Å². The van der Waals surface area contributed by atoms with Gasteiger partial charge >= 0.3 is 5.97 Å². The van der Waals surface area contributed by atoms with Gasteiger partial charge in [0.2, 0.25) is 11.8 Å². The summed E-state index contributed by atoms with van der Waals surface area (Å²) in [6.45, 7) is 2.07. The van der Waals surface area contributed by atoms with E-state index in [9.17, 15) is 23.9 Å². The van der Waals surface area contributed by atoms with Crippen molar-refractivity contribution < 1.29 is 23.9 Å². The highest BCUT2D eigenvalue weighted by molar-refractivity contribution is 5.88. The minimum atomic E-state index is -1.03. The van der Waals surface area contributed by atoms with E-state index in [-0.39, 0.29) is 18.9 Å². The number of piperidine rings is 1. The van der Waals surface area contributed by atoms with Crippen LogP contribution in [0, 0.1) is 11.7 Å². The maximum atomic E-state index is 13.1. The lowest BCUT2D eigenvalue weighted by Gasteiger charge is -2.36. The number of carboxylic acids is 1. The van der Waals surface area contributed by atoms with Crippen LogP contribution in [0.5, 0.6) is 0 Å². The topological polar surface area (TPSA) is 86.7 Å². The van der Waals surface area contributed by atoms with E-state index in [1.807, 2.05) is 6.92 Å². The molecular weight excluding hydrogens is 315 g/mol. The van der Waals surface area contributed by atoms with Gasteiger partial charge in [-0.25, -0.2) is 9.18 Å². The molecule has 2 unspecified atom stereocenters. The second-order valence-electron chi connectivity index (χ2n) is 6.15. The minimum absolute atomic E-state index is 0.0373. The molecule has 0 aliphatic carbocycles. The number of hydrogen-bond acceptors (Lipinski definition) is 3. The molecule has 1 heterocycles. The molecule has 2 atom stereocenters. The van der Waals surface area contributed by atoms with Gasteiger partial charge in [0.15, 0.2) is 0 Å². The molecule has 0 spiro atoms. The van der Waals surface area contributed by atoms with Crippen LogP contribution in [0.2, 0.25) is 0 Å². The van der Waals surface area contributed by atoms with Crippen molar-refractivity contribution >= 4 is 17.8 Å². The molecule has 130 valence electrons. The molecule has 1 aliphatic rings.